The number of allylic oxidation sites excluding steroid dienone is 1. The molecule has 0 N–H and O–H groups in total. The Morgan fingerprint density at radius 1 is 0.955 bits per heavy atom. The Bertz CT molecular complexity index is 1470. The Labute approximate surface area is 265 Å². The van der Waals surface area contributed by atoms with Gasteiger partial charge in [0.15, 0.2) is 18.2 Å². The van der Waals surface area contributed by atoms with Crippen molar-refractivity contribution in [1.82, 2.24) is 4.98 Å². The molecule has 3 atom stereocenters. The van der Waals surface area contributed by atoms with Gasteiger partial charge in [-0.15, -0.1) is 0 Å². The molecular weight excluding hydrogens is 587 g/mol. The van der Waals surface area contributed by atoms with E-state index in [1.807, 2.05) is 43.4 Å². The number of benzene rings is 2. The Kier molecular flexibility index (Phi) is 12.9. The molecule has 236 valence electrons. The van der Waals surface area contributed by atoms with Crippen LogP contribution in [0.4, 0.5) is 0 Å². The van der Waals surface area contributed by atoms with Crippen molar-refractivity contribution in [2.75, 3.05) is 0 Å². The van der Waals surface area contributed by atoms with Crippen LogP contribution in [0.15, 0.2) is 108 Å². The second kappa shape index (κ2) is 16.1. The number of unbranched alkanes of at least 4 members (excludes halogenated alkanes) is 1. The van der Waals surface area contributed by atoms with Gasteiger partial charge in [-0.3, -0.25) is 4.98 Å². The van der Waals surface area contributed by atoms with E-state index in [1.54, 1.807) is 73.1 Å². The highest BCUT2D eigenvalue weighted by Gasteiger charge is 2.38. The van der Waals surface area contributed by atoms with Crippen molar-refractivity contribution in [3.05, 3.63) is 115 Å². The third kappa shape index (κ3) is 10.4. The molecule has 3 aromatic rings. The first-order valence-corrected chi connectivity index (χ1v) is 19.7. The summed E-state index contributed by atoms with van der Waals surface area (Å²) in [7, 11) is -5.84. The third-order valence-electron chi connectivity index (χ3n) is 8.04. The zero-order valence-corrected chi connectivity index (χ0v) is 28.7. The molecule has 1 aromatic heterocycles. The lowest BCUT2D eigenvalue weighted by Gasteiger charge is -2.38. The Hall–Kier alpha value is -3.33. The van der Waals surface area contributed by atoms with Crippen molar-refractivity contribution in [1.29, 1.82) is 0 Å². The highest BCUT2D eigenvalue weighted by atomic mass is 32.2. The molecule has 0 amide bonds. The summed E-state index contributed by atoms with van der Waals surface area (Å²) in [6.07, 6.45) is 12.2. The first kappa shape index (κ1) is 35.1. The molecule has 0 bridgehead atoms. The molecule has 0 radical (unpaired) electrons. The lowest BCUT2D eigenvalue weighted by molar-refractivity contribution is 0.0382. The molecule has 8 heteroatoms. The monoisotopic (exact) mass is 633 g/mol. The van der Waals surface area contributed by atoms with Crippen molar-refractivity contribution >= 4 is 30.2 Å². The molecule has 0 aliphatic heterocycles. The fourth-order valence-electron chi connectivity index (χ4n) is 4.55. The second-order valence-corrected chi connectivity index (χ2v) is 19.5. The lowest BCUT2D eigenvalue weighted by Crippen LogP contribution is -2.43. The Morgan fingerprint density at radius 2 is 1.61 bits per heavy atom. The number of hydrogen-bond donors (Lipinski definition) is 0. The van der Waals surface area contributed by atoms with Gasteiger partial charge < -0.3 is 9.16 Å². The van der Waals surface area contributed by atoms with E-state index in [2.05, 4.69) is 38.8 Å². The quantitative estimate of drug-likeness (QED) is 0.0721. The molecule has 44 heavy (non-hydrogen) atoms. The number of carbonyl (C=O) groups excluding carboxylic acids is 1. The minimum absolute atomic E-state index is 0.0685. The standard InChI is InChI=1S/C36H47NO5SSi/c1-29(42-44(5,6)36(2,3)4)18-16-25-33(41-35(38)31-21-11-8-12-22-31)34(43(39,40)32-23-13-9-14-24-32)26-15-7-10-19-30-20-17-27-37-28-30/h8-14,16-17,19-25,27-29,33-34H,7,15,18,26H2,1-6H3/b19-10+,25-16+/t29-,33?,34?/m0/s1. The maximum absolute atomic E-state index is 14.1. The number of nitrogens with zero attached hydrogens (tertiary/aromatic N) is 1. The number of esters is 1. The predicted molar refractivity (Wildman–Crippen MR) is 182 cm³/mol. The van der Waals surface area contributed by atoms with Crippen LogP contribution in [-0.2, 0) is 19.0 Å². The summed E-state index contributed by atoms with van der Waals surface area (Å²) in [6, 6.07) is 20.9. The van der Waals surface area contributed by atoms with Gasteiger partial charge in [-0.1, -0.05) is 81.5 Å². The van der Waals surface area contributed by atoms with Crippen LogP contribution in [0, 0.1) is 0 Å². The third-order valence-corrected chi connectivity index (χ3v) is 14.9. The van der Waals surface area contributed by atoms with E-state index in [1.165, 1.54) is 0 Å². The van der Waals surface area contributed by atoms with Crippen LogP contribution in [0.1, 0.15) is 69.3 Å². The molecule has 2 aromatic carbocycles. The van der Waals surface area contributed by atoms with Crippen molar-refractivity contribution in [2.24, 2.45) is 0 Å². The summed E-state index contributed by atoms with van der Waals surface area (Å²) < 4.78 is 40.7. The maximum Gasteiger partial charge on any atom is 0.338 e. The van der Waals surface area contributed by atoms with Gasteiger partial charge in [0.25, 0.3) is 0 Å². The second-order valence-electron chi connectivity index (χ2n) is 12.6. The highest BCUT2D eigenvalue weighted by molar-refractivity contribution is 7.92. The summed E-state index contributed by atoms with van der Waals surface area (Å²) in [6.45, 7) is 13.1. The largest absolute Gasteiger partial charge is 0.453 e. The van der Waals surface area contributed by atoms with E-state index in [0.29, 0.717) is 31.2 Å². The average molecular weight is 634 g/mol. The summed E-state index contributed by atoms with van der Waals surface area (Å²) in [5, 5.41) is -0.906. The van der Waals surface area contributed by atoms with Gasteiger partial charge in [0.2, 0.25) is 0 Å². The maximum atomic E-state index is 14.1. The molecule has 0 spiro atoms. The van der Waals surface area contributed by atoms with Crippen LogP contribution in [0.25, 0.3) is 6.08 Å². The number of hydrogen-bond acceptors (Lipinski definition) is 6. The lowest BCUT2D eigenvalue weighted by atomic mass is 10.1. The molecule has 0 aliphatic carbocycles. The minimum atomic E-state index is -3.85. The van der Waals surface area contributed by atoms with E-state index in [0.717, 1.165) is 5.56 Å². The van der Waals surface area contributed by atoms with Crippen LogP contribution < -0.4 is 0 Å². The van der Waals surface area contributed by atoms with E-state index in [4.69, 9.17) is 9.16 Å². The van der Waals surface area contributed by atoms with Gasteiger partial charge >= 0.3 is 5.97 Å². The molecule has 0 aliphatic rings. The smallest absolute Gasteiger partial charge is 0.338 e. The molecule has 0 saturated heterocycles. The molecule has 0 fully saturated rings. The number of aromatic nitrogens is 1. The summed E-state index contributed by atoms with van der Waals surface area (Å²) in [5.41, 5.74) is 1.35. The number of ether oxygens (including phenoxy) is 1. The van der Waals surface area contributed by atoms with Gasteiger partial charge in [0, 0.05) is 18.5 Å². The fraction of sp³-hybridized carbons (Fsp3) is 0.389. The molecule has 0 saturated carbocycles. The molecule has 1 heterocycles. The van der Waals surface area contributed by atoms with Crippen molar-refractivity contribution < 1.29 is 22.4 Å². The first-order chi connectivity index (χ1) is 20.8. The van der Waals surface area contributed by atoms with Gasteiger partial charge in [-0.25, -0.2) is 13.2 Å². The summed E-state index contributed by atoms with van der Waals surface area (Å²) in [4.78, 5) is 17.6. The van der Waals surface area contributed by atoms with E-state index in [9.17, 15) is 13.2 Å². The number of pyridine rings is 1. The minimum Gasteiger partial charge on any atom is -0.453 e. The van der Waals surface area contributed by atoms with Crippen LogP contribution in [0.2, 0.25) is 18.1 Å². The summed E-state index contributed by atoms with van der Waals surface area (Å²) in [5.74, 6) is -0.560. The van der Waals surface area contributed by atoms with Crippen molar-refractivity contribution in [3.63, 3.8) is 0 Å². The van der Waals surface area contributed by atoms with E-state index < -0.39 is 35.5 Å². The SMILES string of the molecule is C[C@@H](C/C=C/C(OC(=O)c1ccccc1)C(CCC/C=C/c1cccnc1)S(=O)(=O)c1ccccc1)O[Si](C)(C)C(C)(C)C. The first-order valence-electron chi connectivity index (χ1n) is 15.3. The summed E-state index contributed by atoms with van der Waals surface area (Å²) >= 11 is 0. The van der Waals surface area contributed by atoms with Crippen molar-refractivity contribution in [3.8, 4) is 0 Å². The van der Waals surface area contributed by atoms with Gasteiger partial charge in [-0.05, 0) is 92.7 Å². The van der Waals surface area contributed by atoms with Crippen LogP contribution in [0.5, 0.6) is 0 Å². The normalized spacial score (nSPS) is 14.9. The average Bonchev–Trinajstić information content (AvgIpc) is 2.99. The van der Waals surface area contributed by atoms with E-state index in [-0.39, 0.29) is 16.0 Å². The Morgan fingerprint density at radius 3 is 2.23 bits per heavy atom. The number of carbonyl (C=O) groups is 1. The van der Waals surface area contributed by atoms with Gasteiger partial charge in [0.1, 0.15) is 11.4 Å². The van der Waals surface area contributed by atoms with Crippen molar-refractivity contribution in [2.45, 2.75) is 93.9 Å². The highest BCUT2D eigenvalue weighted by Crippen LogP contribution is 2.37. The topological polar surface area (TPSA) is 82.6 Å². The zero-order chi connectivity index (χ0) is 32.2. The molecule has 6 nitrogen and oxygen atoms in total. The predicted octanol–water partition coefficient (Wildman–Crippen LogP) is 8.69. The fourth-order valence-corrected chi connectivity index (χ4v) is 7.87. The number of sulfone groups is 1. The molecular formula is C36H47NO5SSi. The van der Waals surface area contributed by atoms with Crippen LogP contribution in [0.3, 0.4) is 0 Å². The van der Waals surface area contributed by atoms with Gasteiger partial charge in [-0.2, -0.15) is 0 Å². The molecule has 2 unspecified atom stereocenters. The molecule has 3 rings (SSSR count). The Balaban J connectivity index is 1.89. The number of rotatable bonds is 15. The van der Waals surface area contributed by atoms with Crippen LogP contribution in [-0.4, -0.2) is 45.1 Å². The zero-order valence-electron chi connectivity index (χ0n) is 26.8. The van der Waals surface area contributed by atoms with E-state index >= 15 is 0 Å². The van der Waals surface area contributed by atoms with Gasteiger partial charge in [0.05, 0.1) is 10.5 Å². The van der Waals surface area contributed by atoms with Crippen LogP contribution >= 0.6 is 0 Å².